The normalized spacial score (nSPS) is 15.7. The molecule has 9 rings (SSSR count). The first-order chi connectivity index (χ1) is 19.9. The zero-order valence-electron chi connectivity index (χ0n) is 23.9. The molecule has 196 valence electrons. The Hall–Kier alpha value is -4.62. The van der Waals surface area contributed by atoms with Crippen molar-refractivity contribution < 1.29 is 0 Å². The lowest BCUT2D eigenvalue weighted by atomic mass is 9.80. The Morgan fingerprint density at radius 3 is 1.88 bits per heavy atom. The topological polar surface area (TPSA) is 4.93 Å². The van der Waals surface area contributed by atoms with Crippen LogP contribution >= 0.6 is 0 Å². The third kappa shape index (κ3) is 2.81. The highest BCUT2D eigenvalue weighted by molar-refractivity contribution is 6.15. The van der Waals surface area contributed by atoms with Gasteiger partial charge in [-0.2, -0.15) is 0 Å². The highest BCUT2D eigenvalue weighted by atomic mass is 15.0. The van der Waals surface area contributed by atoms with Gasteiger partial charge in [-0.25, -0.2) is 0 Å². The first-order valence-corrected chi connectivity index (χ1v) is 14.7. The second-order valence-electron chi connectivity index (χ2n) is 13.0. The first-order valence-electron chi connectivity index (χ1n) is 14.7. The van der Waals surface area contributed by atoms with Crippen molar-refractivity contribution in [3.63, 3.8) is 0 Å². The molecule has 41 heavy (non-hydrogen) atoms. The zero-order chi connectivity index (χ0) is 27.7. The number of aromatic nitrogens is 1. The molecule has 1 heteroatoms. The van der Waals surface area contributed by atoms with Crippen LogP contribution in [0.15, 0.2) is 115 Å². The molecule has 7 aromatic rings. The van der Waals surface area contributed by atoms with Gasteiger partial charge in [-0.1, -0.05) is 113 Å². The third-order valence-corrected chi connectivity index (χ3v) is 10.2. The highest BCUT2D eigenvalue weighted by Crippen LogP contribution is 2.53. The lowest BCUT2D eigenvalue weighted by molar-refractivity contribution is 0.660. The van der Waals surface area contributed by atoms with Gasteiger partial charge in [-0.15, -0.1) is 0 Å². The predicted molar refractivity (Wildman–Crippen MR) is 173 cm³/mol. The maximum atomic E-state index is 2.48. The summed E-state index contributed by atoms with van der Waals surface area (Å²) in [5.74, 6) is 0. The summed E-state index contributed by atoms with van der Waals surface area (Å²) < 4.78 is 2.48. The Balaban J connectivity index is 1.34. The van der Waals surface area contributed by atoms with Crippen LogP contribution in [0.25, 0.3) is 60.5 Å². The van der Waals surface area contributed by atoms with Gasteiger partial charge in [0, 0.05) is 27.3 Å². The van der Waals surface area contributed by atoms with Gasteiger partial charge in [-0.3, -0.25) is 0 Å². The first kappa shape index (κ1) is 23.1. The molecule has 0 aliphatic heterocycles. The Morgan fingerprint density at radius 2 is 1.07 bits per heavy atom. The van der Waals surface area contributed by atoms with E-state index in [9.17, 15) is 0 Å². The van der Waals surface area contributed by atoms with Crippen molar-refractivity contribution in [2.45, 2.75) is 38.5 Å². The molecule has 0 N–H and O–H groups in total. The highest BCUT2D eigenvalue weighted by Gasteiger charge is 2.37. The largest absolute Gasteiger partial charge is 0.309 e. The number of fused-ring (bicyclic) bond motifs is 11. The van der Waals surface area contributed by atoms with Gasteiger partial charge >= 0.3 is 0 Å². The molecule has 0 amide bonds. The van der Waals surface area contributed by atoms with E-state index in [1.54, 1.807) is 0 Å². The number of hydrogen-bond donors (Lipinski definition) is 0. The van der Waals surface area contributed by atoms with Crippen molar-refractivity contribution in [3.05, 3.63) is 138 Å². The van der Waals surface area contributed by atoms with Crippen LogP contribution in [0.5, 0.6) is 0 Å². The van der Waals surface area contributed by atoms with E-state index in [4.69, 9.17) is 0 Å². The van der Waals surface area contributed by atoms with Gasteiger partial charge in [0.15, 0.2) is 0 Å². The van der Waals surface area contributed by atoms with Crippen LogP contribution in [0.1, 0.15) is 49.9 Å². The van der Waals surface area contributed by atoms with Gasteiger partial charge in [0.25, 0.3) is 0 Å². The predicted octanol–water partition coefficient (Wildman–Crippen LogP) is 10.5. The average Bonchev–Trinajstić information content (AvgIpc) is 3.53. The van der Waals surface area contributed by atoms with Crippen molar-refractivity contribution in [1.29, 1.82) is 0 Å². The molecule has 0 atom stereocenters. The van der Waals surface area contributed by atoms with Crippen molar-refractivity contribution >= 4 is 32.6 Å². The smallest absolute Gasteiger partial charge is 0.0547 e. The van der Waals surface area contributed by atoms with Crippen molar-refractivity contribution in [2.75, 3.05) is 0 Å². The lowest BCUT2D eigenvalue weighted by Crippen LogP contribution is -2.15. The number of rotatable bonds is 1. The van der Waals surface area contributed by atoms with E-state index >= 15 is 0 Å². The summed E-state index contributed by atoms with van der Waals surface area (Å²) in [7, 11) is 0. The SMILES string of the molecule is CC1(C)c2ccccc2-c2ccc(-n3c4ccccc4c4cc5c6c(ccc5cc43)-c3ccccc3C6(C)C)cc21. The second kappa shape index (κ2) is 7.56. The molecule has 6 aromatic carbocycles. The Morgan fingerprint density at radius 1 is 0.439 bits per heavy atom. The van der Waals surface area contributed by atoms with Crippen LogP contribution in [0.4, 0.5) is 0 Å². The summed E-state index contributed by atoms with van der Waals surface area (Å²) in [5, 5.41) is 5.29. The zero-order valence-corrected chi connectivity index (χ0v) is 23.9. The van der Waals surface area contributed by atoms with Crippen molar-refractivity contribution in [2.24, 2.45) is 0 Å². The molecule has 0 bridgehead atoms. The molecule has 1 nitrogen and oxygen atoms in total. The molecule has 0 unspecified atom stereocenters. The van der Waals surface area contributed by atoms with Gasteiger partial charge in [0.1, 0.15) is 0 Å². The maximum Gasteiger partial charge on any atom is 0.0547 e. The number of nitrogens with zero attached hydrogens (tertiary/aromatic N) is 1. The summed E-state index contributed by atoms with van der Waals surface area (Å²) in [5.41, 5.74) is 14.8. The molecule has 2 aliphatic rings. The van der Waals surface area contributed by atoms with Crippen LogP contribution < -0.4 is 0 Å². The molecule has 2 aliphatic carbocycles. The van der Waals surface area contributed by atoms with E-state index in [0.717, 1.165) is 0 Å². The second-order valence-corrected chi connectivity index (χ2v) is 13.0. The fraction of sp³-hybridized carbons (Fsp3) is 0.150. The van der Waals surface area contributed by atoms with E-state index in [1.165, 1.54) is 82.8 Å². The summed E-state index contributed by atoms with van der Waals surface area (Å²) in [4.78, 5) is 0. The minimum Gasteiger partial charge on any atom is -0.309 e. The Bertz CT molecular complexity index is 2260. The number of para-hydroxylation sites is 1. The molecular formula is C40H31N. The molecule has 0 spiro atoms. The van der Waals surface area contributed by atoms with Crippen LogP contribution in [0, 0.1) is 0 Å². The Kier molecular flexibility index (Phi) is 4.26. The summed E-state index contributed by atoms with van der Waals surface area (Å²) in [6.07, 6.45) is 0. The molecule has 0 radical (unpaired) electrons. The van der Waals surface area contributed by atoms with Gasteiger partial charge in [0.2, 0.25) is 0 Å². The minimum absolute atomic E-state index is 0.0332. The van der Waals surface area contributed by atoms with E-state index in [0.29, 0.717) is 0 Å². The minimum atomic E-state index is -0.0436. The van der Waals surface area contributed by atoms with Crippen LogP contribution in [0.2, 0.25) is 0 Å². The summed E-state index contributed by atoms with van der Waals surface area (Å²) >= 11 is 0. The summed E-state index contributed by atoms with van der Waals surface area (Å²) in [6, 6.07) is 43.4. The van der Waals surface area contributed by atoms with E-state index in [1.807, 2.05) is 0 Å². The van der Waals surface area contributed by atoms with Gasteiger partial charge in [0.05, 0.1) is 11.0 Å². The number of hydrogen-bond acceptors (Lipinski definition) is 0. The fourth-order valence-electron chi connectivity index (χ4n) is 8.19. The molecule has 0 saturated heterocycles. The van der Waals surface area contributed by atoms with Crippen LogP contribution in [0.3, 0.4) is 0 Å². The van der Waals surface area contributed by atoms with Gasteiger partial charge in [-0.05, 0) is 85.6 Å². The van der Waals surface area contributed by atoms with Crippen LogP contribution in [-0.2, 0) is 10.8 Å². The van der Waals surface area contributed by atoms with Crippen molar-refractivity contribution in [3.8, 4) is 27.9 Å². The summed E-state index contributed by atoms with van der Waals surface area (Å²) in [6.45, 7) is 9.49. The van der Waals surface area contributed by atoms with E-state index < -0.39 is 0 Å². The molecule has 0 saturated carbocycles. The van der Waals surface area contributed by atoms with E-state index in [2.05, 4.69) is 148 Å². The van der Waals surface area contributed by atoms with E-state index in [-0.39, 0.29) is 10.8 Å². The monoisotopic (exact) mass is 525 g/mol. The lowest BCUT2D eigenvalue weighted by Gasteiger charge is -2.23. The maximum absolute atomic E-state index is 2.48. The van der Waals surface area contributed by atoms with Gasteiger partial charge < -0.3 is 4.57 Å². The quantitative estimate of drug-likeness (QED) is 0.201. The fourth-order valence-corrected chi connectivity index (χ4v) is 8.19. The molecule has 1 heterocycles. The van der Waals surface area contributed by atoms with Crippen molar-refractivity contribution in [1.82, 2.24) is 4.57 Å². The molecular weight excluding hydrogens is 494 g/mol. The standard InChI is InChI=1S/C40H31N/c1-39(2)33-14-8-5-11-26(33)28-20-18-25(22-35(28)39)41-36-16-10-7-13-29(36)32-23-31-24(21-37(32)41)17-19-30-27-12-6-9-15-34(27)40(3,4)38(30)31/h5-23H,1-4H3. The number of benzene rings is 6. The Labute approximate surface area is 240 Å². The molecule has 1 aromatic heterocycles. The average molecular weight is 526 g/mol. The third-order valence-electron chi connectivity index (χ3n) is 10.2. The molecule has 0 fully saturated rings. The van der Waals surface area contributed by atoms with Crippen LogP contribution in [-0.4, -0.2) is 4.57 Å².